The number of ether oxygens (including phenoxy) is 1. The van der Waals surface area contributed by atoms with Crippen LogP contribution in [0.25, 0.3) is 0 Å². The van der Waals surface area contributed by atoms with Crippen molar-refractivity contribution >= 4 is 5.69 Å². The molecule has 110 valence electrons. The maximum absolute atomic E-state index is 6.04. The Morgan fingerprint density at radius 1 is 1.05 bits per heavy atom. The van der Waals surface area contributed by atoms with Crippen molar-refractivity contribution in [2.45, 2.75) is 44.6 Å². The number of nitrogens with zero attached hydrogens (tertiary/aromatic N) is 1. The number of nitrogens with two attached hydrogens (primary N) is 1. The molecule has 1 heterocycles. The summed E-state index contributed by atoms with van der Waals surface area (Å²) < 4.78 is 5.91. The molecule has 1 saturated carbocycles. The monoisotopic (exact) mass is 274 g/mol. The minimum absolute atomic E-state index is 0.321. The van der Waals surface area contributed by atoms with Gasteiger partial charge >= 0.3 is 0 Å². The van der Waals surface area contributed by atoms with Gasteiger partial charge in [0.05, 0.1) is 6.61 Å². The van der Waals surface area contributed by atoms with Crippen LogP contribution in [0.4, 0.5) is 5.69 Å². The Morgan fingerprint density at radius 3 is 2.50 bits per heavy atom. The fourth-order valence-electron chi connectivity index (χ4n) is 3.39. The predicted octanol–water partition coefficient (Wildman–Crippen LogP) is 3.18. The Morgan fingerprint density at radius 2 is 1.80 bits per heavy atom. The molecule has 2 fully saturated rings. The van der Waals surface area contributed by atoms with Gasteiger partial charge in [-0.15, -0.1) is 0 Å². The molecule has 2 N–H and O–H groups in total. The van der Waals surface area contributed by atoms with Gasteiger partial charge in [-0.25, -0.2) is 0 Å². The molecule has 1 aliphatic heterocycles. The lowest BCUT2D eigenvalue weighted by Crippen LogP contribution is -2.42. The molecular formula is C17H26N2O. The third kappa shape index (κ3) is 3.45. The minimum atomic E-state index is 0.321. The van der Waals surface area contributed by atoms with Gasteiger partial charge in [-0.1, -0.05) is 12.8 Å². The lowest BCUT2D eigenvalue weighted by molar-refractivity contribution is 0.252. The molecule has 1 aromatic carbocycles. The molecule has 0 bridgehead atoms. The topological polar surface area (TPSA) is 38.5 Å². The van der Waals surface area contributed by atoms with Gasteiger partial charge in [-0.05, 0) is 55.9 Å². The summed E-state index contributed by atoms with van der Waals surface area (Å²) in [6, 6.07) is 8.86. The molecule has 1 saturated heterocycles. The van der Waals surface area contributed by atoms with E-state index in [1.165, 1.54) is 37.8 Å². The third-order valence-electron chi connectivity index (χ3n) is 4.62. The average Bonchev–Trinajstić information content (AvgIpc) is 2.99. The van der Waals surface area contributed by atoms with Crippen molar-refractivity contribution in [3.63, 3.8) is 0 Å². The second kappa shape index (κ2) is 6.49. The zero-order valence-electron chi connectivity index (χ0n) is 12.3. The van der Waals surface area contributed by atoms with Crippen LogP contribution in [0.1, 0.15) is 38.5 Å². The number of hydrogen-bond donors (Lipinski definition) is 1. The number of rotatable bonds is 4. The maximum atomic E-state index is 6.04. The summed E-state index contributed by atoms with van der Waals surface area (Å²) in [5.74, 6) is 1.77. The minimum Gasteiger partial charge on any atom is -0.493 e. The van der Waals surface area contributed by atoms with Gasteiger partial charge in [0.25, 0.3) is 0 Å². The maximum Gasteiger partial charge on any atom is 0.119 e. The van der Waals surface area contributed by atoms with Crippen LogP contribution in [0.2, 0.25) is 0 Å². The highest BCUT2D eigenvalue weighted by Gasteiger charge is 2.17. The van der Waals surface area contributed by atoms with Crippen molar-refractivity contribution in [1.29, 1.82) is 0 Å². The van der Waals surface area contributed by atoms with Gasteiger partial charge in [0, 0.05) is 24.8 Å². The molecule has 3 heteroatoms. The van der Waals surface area contributed by atoms with Gasteiger partial charge in [0.15, 0.2) is 0 Å². The predicted molar refractivity (Wildman–Crippen MR) is 83.3 cm³/mol. The van der Waals surface area contributed by atoms with Crippen LogP contribution < -0.4 is 15.4 Å². The van der Waals surface area contributed by atoms with E-state index in [4.69, 9.17) is 10.5 Å². The van der Waals surface area contributed by atoms with Crippen molar-refractivity contribution < 1.29 is 4.74 Å². The Bertz CT molecular complexity index is 412. The summed E-state index contributed by atoms with van der Waals surface area (Å²) in [5, 5.41) is 0. The molecule has 1 atom stereocenters. The summed E-state index contributed by atoms with van der Waals surface area (Å²) in [6.07, 6.45) is 7.78. The molecule has 3 rings (SSSR count). The van der Waals surface area contributed by atoms with Crippen LogP contribution in [-0.4, -0.2) is 25.7 Å². The number of piperidine rings is 1. The van der Waals surface area contributed by atoms with Crippen molar-refractivity contribution in [2.24, 2.45) is 11.7 Å². The van der Waals surface area contributed by atoms with E-state index in [2.05, 4.69) is 29.2 Å². The van der Waals surface area contributed by atoms with E-state index in [9.17, 15) is 0 Å². The first kappa shape index (κ1) is 13.7. The summed E-state index contributed by atoms with van der Waals surface area (Å²) in [5.41, 5.74) is 7.32. The van der Waals surface area contributed by atoms with Gasteiger partial charge < -0.3 is 15.4 Å². The Kier molecular flexibility index (Phi) is 4.46. The van der Waals surface area contributed by atoms with Crippen LogP contribution in [0.5, 0.6) is 5.75 Å². The first-order valence-electron chi connectivity index (χ1n) is 8.04. The molecule has 3 nitrogen and oxygen atoms in total. The van der Waals surface area contributed by atoms with E-state index in [0.29, 0.717) is 6.04 Å². The van der Waals surface area contributed by atoms with Crippen LogP contribution in [-0.2, 0) is 0 Å². The molecule has 0 aromatic heterocycles. The molecule has 1 aliphatic carbocycles. The fourth-order valence-corrected chi connectivity index (χ4v) is 3.39. The molecule has 20 heavy (non-hydrogen) atoms. The van der Waals surface area contributed by atoms with Crippen molar-refractivity contribution in [3.8, 4) is 5.75 Å². The second-order valence-corrected chi connectivity index (χ2v) is 6.30. The van der Waals surface area contributed by atoms with E-state index >= 15 is 0 Å². The summed E-state index contributed by atoms with van der Waals surface area (Å²) in [7, 11) is 0. The standard InChI is InChI=1S/C17H26N2O/c18-15-6-3-11-19(12-15)16-7-9-17(10-8-16)20-13-14-4-1-2-5-14/h7-10,14-15H,1-6,11-13,18H2. The number of anilines is 1. The molecule has 0 spiro atoms. The van der Waals surface area contributed by atoms with Crippen molar-refractivity contribution in [1.82, 2.24) is 0 Å². The smallest absolute Gasteiger partial charge is 0.119 e. The Labute approximate surface area is 122 Å². The third-order valence-corrected chi connectivity index (χ3v) is 4.62. The Hall–Kier alpha value is -1.22. The highest BCUT2D eigenvalue weighted by Crippen LogP contribution is 2.27. The normalized spacial score (nSPS) is 24.1. The number of hydrogen-bond acceptors (Lipinski definition) is 3. The van der Waals surface area contributed by atoms with Gasteiger partial charge in [0.1, 0.15) is 5.75 Å². The first-order chi connectivity index (χ1) is 9.81. The SMILES string of the molecule is NC1CCCN(c2ccc(OCC3CCCC3)cc2)C1. The molecule has 0 radical (unpaired) electrons. The van der Waals surface area contributed by atoms with Crippen LogP contribution >= 0.6 is 0 Å². The summed E-state index contributed by atoms with van der Waals surface area (Å²) in [6.45, 7) is 2.98. The molecule has 0 amide bonds. The first-order valence-corrected chi connectivity index (χ1v) is 8.04. The second-order valence-electron chi connectivity index (χ2n) is 6.30. The fraction of sp³-hybridized carbons (Fsp3) is 0.647. The van der Waals surface area contributed by atoms with E-state index in [1.807, 2.05) is 0 Å². The van der Waals surface area contributed by atoms with E-state index in [1.54, 1.807) is 0 Å². The zero-order valence-corrected chi connectivity index (χ0v) is 12.3. The highest BCUT2D eigenvalue weighted by molar-refractivity contribution is 5.49. The molecular weight excluding hydrogens is 248 g/mol. The van der Waals surface area contributed by atoms with Gasteiger partial charge in [-0.3, -0.25) is 0 Å². The lowest BCUT2D eigenvalue weighted by Gasteiger charge is -2.32. The zero-order chi connectivity index (χ0) is 13.8. The van der Waals surface area contributed by atoms with Gasteiger partial charge in [0.2, 0.25) is 0 Å². The van der Waals surface area contributed by atoms with Crippen molar-refractivity contribution in [3.05, 3.63) is 24.3 Å². The molecule has 1 aromatic rings. The number of benzene rings is 1. The summed E-state index contributed by atoms with van der Waals surface area (Å²) in [4.78, 5) is 2.38. The largest absolute Gasteiger partial charge is 0.493 e. The molecule has 1 unspecified atom stereocenters. The van der Waals surface area contributed by atoms with E-state index < -0.39 is 0 Å². The van der Waals surface area contributed by atoms with Crippen LogP contribution in [0.15, 0.2) is 24.3 Å². The van der Waals surface area contributed by atoms with Crippen molar-refractivity contribution in [2.75, 3.05) is 24.6 Å². The Balaban J connectivity index is 1.53. The summed E-state index contributed by atoms with van der Waals surface area (Å²) >= 11 is 0. The van der Waals surface area contributed by atoms with E-state index in [-0.39, 0.29) is 0 Å². The average molecular weight is 274 g/mol. The quantitative estimate of drug-likeness (QED) is 0.916. The highest BCUT2D eigenvalue weighted by atomic mass is 16.5. The van der Waals surface area contributed by atoms with Gasteiger partial charge in [-0.2, -0.15) is 0 Å². The van der Waals surface area contributed by atoms with Crippen LogP contribution in [0.3, 0.4) is 0 Å². The molecule has 2 aliphatic rings. The lowest BCUT2D eigenvalue weighted by atomic mass is 10.1. The van der Waals surface area contributed by atoms with Crippen LogP contribution in [0, 0.1) is 5.92 Å². The van der Waals surface area contributed by atoms with E-state index in [0.717, 1.165) is 37.8 Å².